The number of benzene rings is 2. The molecule has 3 unspecified atom stereocenters. The standard InChI is InChI=1S/C25H32N4O2/c1-19(26-24(30)16-15-20-10-5-3-6-11-20)25(31)29(2)17-9-14-22-18-23(28-27-22)21-12-7-4-8-13-21/h3-8,10-13,15-16,19,22-23,27-28H,9,14,17-18H2,1-2H3,(H,26,30)/b16-15+. The maximum absolute atomic E-state index is 12.6. The van der Waals surface area contributed by atoms with E-state index in [2.05, 4.69) is 40.4 Å². The van der Waals surface area contributed by atoms with Gasteiger partial charge in [0, 0.05) is 31.8 Å². The smallest absolute Gasteiger partial charge is 0.244 e. The van der Waals surface area contributed by atoms with E-state index < -0.39 is 6.04 Å². The van der Waals surface area contributed by atoms with Gasteiger partial charge < -0.3 is 10.2 Å². The number of carbonyl (C=O) groups excluding carboxylic acids is 2. The maximum Gasteiger partial charge on any atom is 0.244 e. The van der Waals surface area contributed by atoms with E-state index in [1.165, 1.54) is 11.6 Å². The van der Waals surface area contributed by atoms with Crippen molar-refractivity contribution in [1.82, 2.24) is 21.1 Å². The number of hydrogen-bond donors (Lipinski definition) is 3. The van der Waals surface area contributed by atoms with Gasteiger partial charge in [0.25, 0.3) is 0 Å². The van der Waals surface area contributed by atoms with E-state index in [4.69, 9.17) is 0 Å². The van der Waals surface area contributed by atoms with Crippen LogP contribution in [0.5, 0.6) is 0 Å². The molecule has 0 aliphatic carbocycles. The van der Waals surface area contributed by atoms with Crippen LogP contribution in [0.3, 0.4) is 0 Å². The van der Waals surface area contributed by atoms with Crippen LogP contribution in [0.25, 0.3) is 6.08 Å². The fourth-order valence-corrected chi connectivity index (χ4v) is 3.79. The van der Waals surface area contributed by atoms with Gasteiger partial charge in [-0.1, -0.05) is 60.7 Å². The SMILES string of the molecule is CC(NC(=O)/C=C/c1ccccc1)C(=O)N(C)CCCC1CC(c2ccccc2)NN1. The lowest BCUT2D eigenvalue weighted by atomic mass is 10.00. The second kappa shape index (κ2) is 11.4. The van der Waals surface area contributed by atoms with Crippen molar-refractivity contribution in [3.05, 3.63) is 77.9 Å². The van der Waals surface area contributed by atoms with E-state index in [1.54, 1.807) is 24.9 Å². The highest BCUT2D eigenvalue weighted by Gasteiger charge is 2.25. The van der Waals surface area contributed by atoms with E-state index in [9.17, 15) is 9.59 Å². The summed E-state index contributed by atoms with van der Waals surface area (Å²) in [6.07, 6.45) is 6.11. The fourth-order valence-electron chi connectivity index (χ4n) is 3.79. The minimum Gasteiger partial charge on any atom is -0.344 e. The van der Waals surface area contributed by atoms with Crippen LogP contribution in [-0.4, -0.2) is 42.4 Å². The summed E-state index contributed by atoms with van der Waals surface area (Å²) in [5, 5.41) is 2.75. The number of nitrogens with zero attached hydrogens (tertiary/aromatic N) is 1. The van der Waals surface area contributed by atoms with Gasteiger partial charge in [0.1, 0.15) is 6.04 Å². The normalized spacial score (nSPS) is 19.3. The minimum absolute atomic E-state index is 0.0823. The van der Waals surface area contributed by atoms with E-state index in [0.717, 1.165) is 24.8 Å². The van der Waals surface area contributed by atoms with Crippen LogP contribution < -0.4 is 16.2 Å². The van der Waals surface area contributed by atoms with Crippen LogP contribution in [-0.2, 0) is 9.59 Å². The highest BCUT2D eigenvalue weighted by Crippen LogP contribution is 2.23. The molecule has 1 heterocycles. The molecule has 0 radical (unpaired) electrons. The van der Waals surface area contributed by atoms with Crippen molar-refractivity contribution < 1.29 is 9.59 Å². The second-order valence-electron chi connectivity index (χ2n) is 8.06. The van der Waals surface area contributed by atoms with Gasteiger partial charge in [-0.2, -0.15) is 0 Å². The molecule has 1 aliphatic heterocycles. The Bertz CT molecular complexity index is 870. The summed E-state index contributed by atoms with van der Waals surface area (Å²) in [5.41, 5.74) is 8.96. The Balaban J connectivity index is 1.36. The number of amides is 2. The molecule has 2 amide bonds. The Labute approximate surface area is 184 Å². The number of hydrogen-bond acceptors (Lipinski definition) is 4. The van der Waals surface area contributed by atoms with Gasteiger partial charge >= 0.3 is 0 Å². The van der Waals surface area contributed by atoms with E-state index in [1.807, 2.05) is 36.4 Å². The number of likely N-dealkylation sites (N-methyl/N-ethyl adjacent to an activating group) is 1. The summed E-state index contributed by atoms with van der Waals surface area (Å²) in [4.78, 5) is 26.4. The fraction of sp³-hybridized carbons (Fsp3) is 0.360. The third-order valence-electron chi connectivity index (χ3n) is 5.56. The molecule has 3 N–H and O–H groups in total. The predicted molar refractivity (Wildman–Crippen MR) is 124 cm³/mol. The van der Waals surface area contributed by atoms with Gasteiger partial charge in [-0.3, -0.25) is 20.4 Å². The first-order valence-corrected chi connectivity index (χ1v) is 10.9. The molecule has 0 saturated carbocycles. The zero-order valence-corrected chi connectivity index (χ0v) is 18.3. The lowest BCUT2D eigenvalue weighted by Gasteiger charge is -2.22. The largest absolute Gasteiger partial charge is 0.344 e. The Morgan fingerprint density at radius 3 is 2.48 bits per heavy atom. The Morgan fingerprint density at radius 1 is 1.10 bits per heavy atom. The average Bonchev–Trinajstić information content (AvgIpc) is 3.27. The Hall–Kier alpha value is -2.96. The molecule has 1 fully saturated rings. The summed E-state index contributed by atoms with van der Waals surface area (Å²) in [6, 6.07) is 20.2. The lowest BCUT2D eigenvalue weighted by molar-refractivity contribution is -0.134. The molecule has 3 rings (SSSR count). The molecule has 0 aromatic heterocycles. The molecule has 3 atom stereocenters. The first-order valence-electron chi connectivity index (χ1n) is 10.9. The van der Waals surface area contributed by atoms with Crippen molar-refractivity contribution in [2.45, 2.75) is 44.3 Å². The topological polar surface area (TPSA) is 73.5 Å². The van der Waals surface area contributed by atoms with Gasteiger partial charge in [-0.05, 0) is 43.4 Å². The van der Waals surface area contributed by atoms with Gasteiger partial charge in [0.05, 0.1) is 0 Å². The zero-order chi connectivity index (χ0) is 22.1. The summed E-state index contributed by atoms with van der Waals surface area (Å²) >= 11 is 0. The third kappa shape index (κ3) is 7.05. The molecule has 164 valence electrons. The van der Waals surface area contributed by atoms with Crippen LogP contribution >= 0.6 is 0 Å². The summed E-state index contributed by atoms with van der Waals surface area (Å²) in [7, 11) is 1.79. The lowest BCUT2D eigenvalue weighted by Crippen LogP contribution is -2.45. The number of nitrogens with one attached hydrogen (secondary N) is 3. The van der Waals surface area contributed by atoms with Crippen LogP contribution in [0.4, 0.5) is 0 Å². The van der Waals surface area contributed by atoms with E-state index in [0.29, 0.717) is 18.6 Å². The van der Waals surface area contributed by atoms with E-state index >= 15 is 0 Å². The second-order valence-corrected chi connectivity index (χ2v) is 8.06. The van der Waals surface area contributed by atoms with Crippen molar-refractivity contribution in [3.8, 4) is 0 Å². The van der Waals surface area contributed by atoms with Gasteiger partial charge in [0.15, 0.2) is 0 Å². The van der Waals surface area contributed by atoms with Gasteiger partial charge in [0.2, 0.25) is 11.8 Å². The first kappa shape index (κ1) is 22.7. The van der Waals surface area contributed by atoms with Crippen molar-refractivity contribution in [2.75, 3.05) is 13.6 Å². The van der Waals surface area contributed by atoms with Crippen LogP contribution in [0.1, 0.15) is 43.4 Å². The van der Waals surface area contributed by atoms with Crippen molar-refractivity contribution >= 4 is 17.9 Å². The zero-order valence-electron chi connectivity index (χ0n) is 18.3. The molecule has 1 saturated heterocycles. The van der Waals surface area contributed by atoms with Crippen LogP contribution in [0.15, 0.2) is 66.7 Å². The van der Waals surface area contributed by atoms with Crippen molar-refractivity contribution in [1.29, 1.82) is 0 Å². The average molecular weight is 421 g/mol. The molecule has 2 aromatic carbocycles. The third-order valence-corrected chi connectivity index (χ3v) is 5.56. The molecule has 0 spiro atoms. The Kier molecular flexibility index (Phi) is 8.38. The minimum atomic E-state index is -0.563. The molecule has 0 bridgehead atoms. The summed E-state index contributed by atoms with van der Waals surface area (Å²) in [6.45, 7) is 2.38. The summed E-state index contributed by atoms with van der Waals surface area (Å²) in [5.74, 6) is -0.354. The number of carbonyl (C=O) groups is 2. The predicted octanol–water partition coefficient (Wildman–Crippen LogP) is 3.05. The summed E-state index contributed by atoms with van der Waals surface area (Å²) < 4.78 is 0. The molecule has 6 nitrogen and oxygen atoms in total. The van der Waals surface area contributed by atoms with Crippen LogP contribution in [0, 0.1) is 0 Å². The van der Waals surface area contributed by atoms with Gasteiger partial charge in [-0.15, -0.1) is 0 Å². The molecular formula is C25H32N4O2. The van der Waals surface area contributed by atoms with Gasteiger partial charge in [-0.25, -0.2) is 0 Å². The van der Waals surface area contributed by atoms with E-state index in [-0.39, 0.29) is 11.8 Å². The first-order chi connectivity index (χ1) is 15.0. The molecule has 31 heavy (non-hydrogen) atoms. The van der Waals surface area contributed by atoms with Crippen LogP contribution in [0.2, 0.25) is 0 Å². The highest BCUT2D eigenvalue weighted by atomic mass is 16.2. The molecular weight excluding hydrogens is 388 g/mol. The van der Waals surface area contributed by atoms with Crippen molar-refractivity contribution in [2.24, 2.45) is 0 Å². The number of hydrazine groups is 1. The molecule has 1 aliphatic rings. The molecule has 2 aromatic rings. The van der Waals surface area contributed by atoms with Crippen molar-refractivity contribution in [3.63, 3.8) is 0 Å². The Morgan fingerprint density at radius 2 is 1.77 bits per heavy atom. The quantitative estimate of drug-likeness (QED) is 0.545. The number of rotatable bonds is 9. The molecule has 6 heteroatoms. The monoisotopic (exact) mass is 420 g/mol. The maximum atomic E-state index is 12.6. The highest BCUT2D eigenvalue weighted by molar-refractivity contribution is 5.95.